The van der Waals surface area contributed by atoms with Crippen molar-refractivity contribution < 1.29 is 22.6 Å². The van der Waals surface area contributed by atoms with Crippen molar-refractivity contribution in [1.29, 1.82) is 0 Å². The van der Waals surface area contributed by atoms with Gasteiger partial charge in [0.2, 0.25) is 0 Å². The minimum absolute atomic E-state index is 0. The molecule has 0 saturated carbocycles. The number of ether oxygens (including phenoxy) is 2. The molecule has 0 aromatic heterocycles. The standard InChI is InChI=1S/C20H22F3NO2.BrH/c1-12(24)25-15-7-8-16-17(11-19(2,3)26-18(16)10-15)13-5-4-6-14(9-13)20(21,22)23;/h4-10,12,17H,11,24H2,1-3H3;1H. The van der Waals surface area contributed by atoms with Crippen LogP contribution in [-0.4, -0.2) is 11.8 Å². The summed E-state index contributed by atoms with van der Waals surface area (Å²) in [5.74, 6) is 0.987. The van der Waals surface area contributed by atoms with Crippen molar-refractivity contribution in [2.75, 3.05) is 0 Å². The molecule has 1 heterocycles. The van der Waals surface area contributed by atoms with E-state index in [1.807, 2.05) is 19.9 Å². The molecular formula is C20H23BrF3NO2. The third-order valence-electron chi connectivity index (χ3n) is 4.38. The lowest BCUT2D eigenvalue weighted by atomic mass is 9.79. The fourth-order valence-corrected chi connectivity index (χ4v) is 3.35. The summed E-state index contributed by atoms with van der Waals surface area (Å²) in [5, 5.41) is 0. The van der Waals surface area contributed by atoms with Crippen molar-refractivity contribution in [2.45, 2.75) is 51.1 Å². The minimum atomic E-state index is -4.37. The molecule has 0 radical (unpaired) electrons. The molecule has 27 heavy (non-hydrogen) atoms. The Morgan fingerprint density at radius 1 is 1.19 bits per heavy atom. The molecule has 0 amide bonds. The average molecular weight is 446 g/mol. The molecule has 0 bridgehead atoms. The maximum Gasteiger partial charge on any atom is 0.416 e. The zero-order valence-electron chi connectivity index (χ0n) is 15.3. The van der Waals surface area contributed by atoms with Gasteiger partial charge in [0.15, 0.2) is 0 Å². The van der Waals surface area contributed by atoms with Crippen LogP contribution in [0.4, 0.5) is 13.2 Å². The number of nitrogens with two attached hydrogens (primary N) is 1. The Morgan fingerprint density at radius 2 is 1.89 bits per heavy atom. The van der Waals surface area contributed by atoms with Crippen LogP contribution in [0.1, 0.15) is 49.8 Å². The maximum atomic E-state index is 13.1. The van der Waals surface area contributed by atoms with Crippen molar-refractivity contribution >= 4 is 17.0 Å². The third kappa shape index (κ3) is 4.96. The lowest BCUT2D eigenvalue weighted by molar-refractivity contribution is -0.137. The number of hydrogen-bond acceptors (Lipinski definition) is 3. The summed E-state index contributed by atoms with van der Waals surface area (Å²) in [6.07, 6.45) is -4.26. The molecule has 2 aromatic rings. The highest BCUT2D eigenvalue weighted by atomic mass is 79.9. The van der Waals surface area contributed by atoms with Gasteiger partial charge < -0.3 is 9.47 Å². The Hall–Kier alpha value is -1.73. The van der Waals surface area contributed by atoms with E-state index in [9.17, 15) is 13.2 Å². The third-order valence-corrected chi connectivity index (χ3v) is 4.38. The van der Waals surface area contributed by atoms with Crippen molar-refractivity contribution in [3.8, 4) is 11.5 Å². The molecule has 2 N–H and O–H groups in total. The predicted molar refractivity (Wildman–Crippen MR) is 104 cm³/mol. The van der Waals surface area contributed by atoms with E-state index in [-0.39, 0.29) is 22.9 Å². The summed E-state index contributed by atoms with van der Waals surface area (Å²) >= 11 is 0. The normalized spacial score (nSPS) is 19.3. The SMILES string of the molecule is Br.CC(N)Oc1ccc2c(c1)OC(C)(C)CC2c1cccc(C(F)(F)F)c1. The number of fused-ring (bicyclic) bond motifs is 1. The lowest BCUT2D eigenvalue weighted by Gasteiger charge is -2.38. The zero-order chi connectivity index (χ0) is 19.1. The van der Waals surface area contributed by atoms with Gasteiger partial charge in [0, 0.05) is 17.5 Å². The number of hydrogen-bond donors (Lipinski definition) is 1. The highest BCUT2D eigenvalue weighted by molar-refractivity contribution is 8.93. The second kappa shape index (κ2) is 7.72. The highest BCUT2D eigenvalue weighted by Gasteiger charge is 2.36. The van der Waals surface area contributed by atoms with Crippen molar-refractivity contribution in [1.82, 2.24) is 0 Å². The summed E-state index contributed by atoms with van der Waals surface area (Å²) in [6, 6.07) is 10.9. The Labute approximate surface area is 167 Å². The first-order chi connectivity index (χ1) is 12.0. The van der Waals surface area contributed by atoms with Gasteiger partial charge >= 0.3 is 6.18 Å². The molecule has 3 nitrogen and oxygen atoms in total. The van der Waals surface area contributed by atoms with Crippen LogP contribution in [0.3, 0.4) is 0 Å². The van der Waals surface area contributed by atoms with Crippen LogP contribution in [-0.2, 0) is 6.18 Å². The predicted octanol–water partition coefficient (Wildman–Crippen LogP) is 5.66. The number of benzene rings is 2. The van der Waals surface area contributed by atoms with Crippen molar-refractivity contribution in [2.24, 2.45) is 5.73 Å². The molecule has 148 valence electrons. The minimum Gasteiger partial charge on any atom is -0.487 e. The van der Waals surface area contributed by atoms with E-state index in [2.05, 4.69) is 0 Å². The van der Waals surface area contributed by atoms with E-state index in [0.29, 0.717) is 23.5 Å². The molecule has 0 aliphatic carbocycles. The Morgan fingerprint density at radius 3 is 2.52 bits per heavy atom. The van der Waals surface area contributed by atoms with Crippen LogP contribution in [0, 0.1) is 0 Å². The summed E-state index contributed by atoms with van der Waals surface area (Å²) in [7, 11) is 0. The van der Waals surface area contributed by atoms with E-state index in [1.165, 1.54) is 12.1 Å². The monoisotopic (exact) mass is 445 g/mol. The molecule has 0 spiro atoms. The van der Waals surface area contributed by atoms with Gasteiger partial charge in [-0.3, -0.25) is 5.73 Å². The van der Waals surface area contributed by atoms with Crippen LogP contribution in [0.15, 0.2) is 42.5 Å². The topological polar surface area (TPSA) is 44.5 Å². The van der Waals surface area contributed by atoms with E-state index >= 15 is 0 Å². The average Bonchev–Trinajstić information content (AvgIpc) is 2.51. The van der Waals surface area contributed by atoms with Crippen LogP contribution in [0.2, 0.25) is 0 Å². The largest absolute Gasteiger partial charge is 0.487 e. The van der Waals surface area contributed by atoms with Gasteiger partial charge in [0.05, 0.1) is 5.56 Å². The fraction of sp³-hybridized carbons (Fsp3) is 0.400. The molecule has 2 aromatic carbocycles. The van der Waals surface area contributed by atoms with Crippen LogP contribution in [0.25, 0.3) is 0 Å². The molecule has 7 heteroatoms. The molecular weight excluding hydrogens is 423 g/mol. The van der Waals surface area contributed by atoms with Crippen LogP contribution >= 0.6 is 17.0 Å². The van der Waals surface area contributed by atoms with Gasteiger partial charge in [0.1, 0.15) is 23.3 Å². The van der Waals surface area contributed by atoms with E-state index < -0.39 is 23.6 Å². The second-order valence-electron chi connectivity index (χ2n) is 7.26. The van der Waals surface area contributed by atoms with Gasteiger partial charge in [0.25, 0.3) is 0 Å². The molecule has 1 aliphatic rings. The zero-order valence-corrected chi connectivity index (χ0v) is 17.1. The summed E-state index contributed by atoms with van der Waals surface area (Å²) in [4.78, 5) is 0. The smallest absolute Gasteiger partial charge is 0.416 e. The van der Waals surface area contributed by atoms with Crippen LogP contribution < -0.4 is 15.2 Å². The summed E-state index contributed by atoms with van der Waals surface area (Å²) < 4.78 is 50.9. The van der Waals surface area contributed by atoms with E-state index in [1.54, 1.807) is 25.1 Å². The van der Waals surface area contributed by atoms with Crippen molar-refractivity contribution in [3.05, 3.63) is 59.2 Å². The van der Waals surface area contributed by atoms with Gasteiger partial charge in [-0.05, 0) is 44.9 Å². The first kappa shape index (κ1) is 21.6. The Kier molecular flexibility index (Phi) is 6.16. The van der Waals surface area contributed by atoms with E-state index in [4.69, 9.17) is 15.2 Å². The first-order valence-corrected chi connectivity index (χ1v) is 8.47. The Balaban J connectivity index is 0.00000261. The van der Waals surface area contributed by atoms with Gasteiger partial charge in [-0.15, -0.1) is 17.0 Å². The highest BCUT2D eigenvalue weighted by Crippen LogP contribution is 2.46. The molecule has 2 unspecified atom stereocenters. The molecule has 2 atom stereocenters. The maximum absolute atomic E-state index is 13.1. The number of alkyl halides is 3. The fourth-order valence-electron chi connectivity index (χ4n) is 3.35. The molecule has 0 fully saturated rings. The van der Waals surface area contributed by atoms with Crippen LogP contribution in [0.5, 0.6) is 11.5 Å². The molecule has 0 saturated heterocycles. The Bertz CT molecular complexity index is 806. The summed E-state index contributed by atoms with van der Waals surface area (Å²) in [5.41, 5.74) is 5.98. The number of halogens is 4. The van der Waals surface area contributed by atoms with Crippen molar-refractivity contribution in [3.63, 3.8) is 0 Å². The quantitative estimate of drug-likeness (QED) is 0.619. The molecule has 1 aliphatic heterocycles. The van der Waals surface area contributed by atoms with Gasteiger partial charge in [-0.25, -0.2) is 0 Å². The van der Waals surface area contributed by atoms with E-state index in [0.717, 1.165) is 11.6 Å². The second-order valence-corrected chi connectivity index (χ2v) is 7.26. The lowest BCUT2D eigenvalue weighted by Crippen LogP contribution is -2.35. The molecule has 3 rings (SSSR count). The number of rotatable bonds is 3. The summed E-state index contributed by atoms with van der Waals surface area (Å²) in [6.45, 7) is 5.57. The van der Waals surface area contributed by atoms with Gasteiger partial charge in [-0.2, -0.15) is 13.2 Å². The van der Waals surface area contributed by atoms with Gasteiger partial charge in [-0.1, -0.05) is 24.3 Å². The first-order valence-electron chi connectivity index (χ1n) is 8.47.